The van der Waals surface area contributed by atoms with Crippen LogP contribution in [0.1, 0.15) is 18.5 Å². The number of nitrogens with two attached hydrogens (primary N) is 1. The lowest BCUT2D eigenvalue weighted by atomic mass is 10.0. The van der Waals surface area contributed by atoms with E-state index in [2.05, 4.69) is 0 Å². The Hall–Kier alpha value is -1.26. The van der Waals surface area contributed by atoms with E-state index in [0.29, 0.717) is 11.5 Å². The molecule has 0 aliphatic heterocycles. The van der Waals surface area contributed by atoms with Crippen molar-refractivity contribution in [1.29, 1.82) is 0 Å². The molecule has 0 radical (unpaired) electrons. The molecule has 0 aliphatic carbocycles. The molecule has 2 unspecified atom stereocenters. The average molecular weight is 225 g/mol. The maximum Gasteiger partial charge on any atom is 0.161 e. The third-order valence-corrected chi connectivity index (χ3v) is 2.67. The fraction of sp³-hybridized carbons (Fsp3) is 0.500. The van der Waals surface area contributed by atoms with Crippen molar-refractivity contribution in [2.75, 3.05) is 21.3 Å². The molecule has 0 saturated carbocycles. The highest BCUT2D eigenvalue weighted by atomic mass is 16.5. The van der Waals surface area contributed by atoms with E-state index in [-0.39, 0.29) is 12.1 Å². The molecule has 1 aromatic rings. The van der Waals surface area contributed by atoms with Crippen LogP contribution in [-0.4, -0.2) is 27.4 Å². The fourth-order valence-electron chi connectivity index (χ4n) is 1.48. The van der Waals surface area contributed by atoms with Gasteiger partial charge in [0.05, 0.1) is 26.4 Å². The van der Waals surface area contributed by atoms with Crippen LogP contribution < -0.4 is 15.2 Å². The van der Waals surface area contributed by atoms with E-state index in [4.69, 9.17) is 19.9 Å². The molecular formula is C12H19NO3. The highest BCUT2D eigenvalue weighted by Gasteiger charge is 2.16. The molecule has 2 atom stereocenters. The molecule has 4 nitrogen and oxygen atoms in total. The van der Waals surface area contributed by atoms with Crippen molar-refractivity contribution >= 4 is 0 Å². The van der Waals surface area contributed by atoms with E-state index in [0.717, 1.165) is 5.56 Å². The largest absolute Gasteiger partial charge is 0.493 e. The zero-order valence-corrected chi connectivity index (χ0v) is 10.2. The van der Waals surface area contributed by atoms with Crippen molar-refractivity contribution in [2.45, 2.75) is 19.1 Å². The maximum atomic E-state index is 6.04. The van der Waals surface area contributed by atoms with Gasteiger partial charge in [0.25, 0.3) is 0 Å². The van der Waals surface area contributed by atoms with Gasteiger partial charge >= 0.3 is 0 Å². The van der Waals surface area contributed by atoms with E-state index in [9.17, 15) is 0 Å². The first-order valence-corrected chi connectivity index (χ1v) is 5.14. The highest BCUT2D eigenvalue weighted by Crippen LogP contribution is 2.30. The van der Waals surface area contributed by atoms with Gasteiger partial charge in [-0.15, -0.1) is 0 Å². The number of rotatable bonds is 5. The van der Waals surface area contributed by atoms with Gasteiger partial charge in [0.1, 0.15) is 0 Å². The Labute approximate surface area is 96.3 Å². The van der Waals surface area contributed by atoms with Crippen LogP contribution in [0, 0.1) is 0 Å². The topological polar surface area (TPSA) is 53.7 Å². The van der Waals surface area contributed by atoms with Crippen LogP contribution in [0.5, 0.6) is 11.5 Å². The highest BCUT2D eigenvalue weighted by molar-refractivity contribution is 5.43. The van der Waals surface area contributed by atoms with E-state index >= 15 is 0 Å². The first-order chi connectivity index (χ1) is 7.63. The van der Waals surface area contributed by atoms with Gasteiger partial charge in [0.2, 0.25) is 0 Å². The summed E-state index contributed by atoms with van der Waals surface area (Å²) in [5, 5.41) is 0. The van der Waals surface area contributed by atoms with Crippen LogP contribution in [0.4, 0.5) is 0 Å². The Morgan fingerprint density at radius 3 is 2.19 bits per heavy atom. The molecular weight excluding hydrogens is 206 g/mol. The summed E-state index contributed by atoms with van der Waals surface area (Å²) >= 11 is 0. The van der Waals surface area contributed by atoms with Crippen LogP contribution in [0.15, 0.2) is 18.2 Å². The Morgan fingerprint density at radius 2 is 1.69 bits per heavy atom. The predicted molar refractivity (Wildman–Crippen MR) is 62.9 cm³/mol. The standard InChI is InChI=1S/C12H19NO3/c1-8(14-2)12(13)9-5-6-10(15-3)11(7-9)16-4/h5-8,12H,13H2,1-4H3. The Bertz CT molecular complexity index is 341. The van der Waals surface area contributed by atoms with E-state index in [1.165, 1.54) is 0 Å². The number of hydrogen-bond acceptors (Lipinski definition) is 4. The minimum absolute atomic E-state index is 0.0434. The number of ether oxygens (including phenoxy) is 3. The molecule has 0 amide bonds. The van der Waals surface area contributed by atoms with Gasteiger partial charge in [0, 0.05) is 7.11 Å². The molecule has 1 aromatic carbocycles. The van der Waals surface area contributed by atoms with Crippen molar-refractivity contribution in [1.82, 2.24) is 0 Å². The van der Waals surface area contributed by atoms with Gasteiger partial charge in [-0.05, 0) is 24.6 Å². The normalized spacial score (nSPS) is 14.3. The van der Waals surface area contributed by atoms with Gasteiger partial charge in [-0.2, -0.15) is 0 Å². The molecule has 0 fully saturated rings. The smallest absolute Gasteiger partial charge is 0.161 e. The summed E-state index contributed by atoms with van der Waals surface area (Å²) in [4.78, 5) is 0. The summed E-state index contributed by atoms with van der Waals surface area (Å²) in [5.74, 6) is 1.38. The summed E-state index contributed by atoms with van der Waals surface area (Å²) in [5.41, 5.74) is 7.01. The van der Waals surface area contributed by atoms with Crippen LogP contribution in [0.2, 0.25) is 0 Å². The van der Waals surface area contributed by atoms with E-state index in [1.807, 2.05) is 25.1 Å². The quantitative estimate of drug-likeness (QED) is 0.829. The monoisotopic (exact) mass is 225 g/mol. The minimum Gasteiger partial charge on any atom is -0.493 e. The zero-order chi connectivity index (χ0) is 12.1. The Morgan fingerprint density at radius 1 is 1.06 bits per heavy atom. The van der Waals surface area contributed by atoms with E-state index < -0.39 is 0 Å². The molecule has 16 heavy (non-hydrogen) atoms. The Balaban J connectivity index is 2.98. The van der Waals surface area contributed by atoms with Gasteiger partial charge < -0.3 is 19.9 Å². The summed E-state index contributed by atoms with van der Waals surface area (Å²) < 4.78 is 15.6. The molecule has 0 heterocycles. The predicted octanol–water partition coefficient (Wildman–Crippen LogP) is 1.74. The first kappa shape index (κ1) is 12.8. The summed E-state index contributed by atoms with van der Waals surface area (Å²) in [6.45, 7) is 1.93. The van der Waals surface area contributed by atoms with Gasteiger partial charge in [-0.3, -0.25) is 0 Å². The summed E-state index contributed by atoms with van der Waals surface area (Å²) in [6, 6.07) is 5.46. The molecule has 0 bridgehead atoms. The van der Waals surface area contributed by atoms with Gasteiger partial charge in [0.15, 0.2) is 11.5 Å². The molecule has 4 heteroatoms. The van der Waals surface area contributed by atoms with Crippen molar-refractivity contribution < 1.29 is 14.2 Å². The lowest BCUT2D eigenvalue weighted by molar-refractivity contribution is 0.0956. The summed E-state index contributed by atoms with van der Waals surface area (Å²) in [6.07, 6.45) is -0.0434. The molecule has 0 saturated heterocycles. The third kappa shape index (κ3) is 2.65. The maximum absolute atomic E-state index is 6.04. The lowest BCUT2D eigenvalue weighted by Crippen LogP contribution is -2.25. The fourth-order valence-corrected chi connectivity index (χ4v) is 1.48. The molecule has 0 aliphatic rings. The van der Waals surface area contributed by atoms with Crippen molar-refractivity contribution in [3.63, 3.8) is 0 Å². The summed E-state index contributed by atoms with van der Waals surface area (Å²) in [7, 11) is 4.85. The van der Waals surface area contributed by atoms with Gasteiger partial charge in [-0.1, -0.05) is 6.07 Å². The second kappa shape index (κ2) is 5.72. The molecule has 2 N–H and O–H groups in total. The molecule has 0 aromatic heterocycles. The van der Waals surface area contributed by atoms with Crippen LogP contribution in [0.3, 0.4) is 0 Å². The number of methoxy groups -OCH3 is 3. The van der Waals surface area contributed by atoms with Crippen molar-refractivity contribution in [3.8, 4) is 11.5 Å². The average Bonchev–Trinajstić information content (AvgIpc) is 2.35. The van der Waals surface area contributed by atoms with Crippen LogP contribution in [0.25, 0.3) is 0 Å². The second-order valence-corrected chi connectivity index (χ2v) is 3.58. The molecule has 0 spiro atoms. The van der Waals surface area contributed by atoms with Crippen molar-refractivity contribution in [2.24, 2.45) is 5.73 Å². The van der Waals surface area contributed by atoms with Crippen LogP contribution >= 0.6 is 0 Å². The molecule has 1 rings (SSSR count). The third-order valence-electron chi connectivity index (χ3n) is 2.67. The Kier molecular flexibility index (Phi) is 4.58. The zero-order valence-electron chi connectivity index (χ0n) is 10.2. The molecule has 90 valence electrons. The minimum atomic E-state index is -0.176. The van der Waals surface area contributed by atoms with Crippen LogP contribution in [-0.2, 0) is 4.74 Å². The van der Waals surface area contributed by atoms with Gasteiger partial charge in [-0.25, -0.2) is 0 Å². The number of benzene rings is 1. The van der Waals surface area contributed by atoms with Crippen molar-refractivity contribution in [3.05, 3.63) is 23.8 Å². The number of hydrogen-bond donors (Lipinski definition) is 1. The SMILES string of the molecule is COc1ccc(C(N)C(C)OC)cc1OC. The second-order valence-electron chi connectivity index (χ2n) is 3.58. The first-order valence-electron chi connectivity index (χ1n) is 5.14. The lowest BCUT2D eigenvalue weighted by Gasteiger charge is -2.20. The van der Waals surface area contributed by atoms with E-state index in [1.54, 1.807) is 21.3 Å².